The summed E-state index contributed by atoms with van der Waals surface area (Å²) in [6, 6.07) is 0. The third-order valence-electron chi connectivity index (χ3n) is 1.78. The number of halogens is 1. The van der Waals surface area contributed by atoms with Crippen LogP contribution in [0.1, 0.15) is 22.2 Å². The van der Waals surface area contributed by atoms with Gasteiger partial charge in [0, 0.05) is 0 Å². The van der Waals surface area contributed by atoms with Crippen LogP contribution < -0.4 is 5.32 Å². The van der Waals surface area contributed by atoms with Gasteiger partial charge in [0.15, 0.2) is 0 Å². The monoisotopic (exact) mass is 247 g/mol. The summed E-state index contributed by atoms with van der Waals surface area (Å²) in [7, 11) is 0. The second-order valence-corrected chi connectivity index (χ2v) is 4.57. The van der Waals surface area contributed by atoms with Gasteiger partial charge in [-0.05, 0) is 24.8 Å². The maximum atomic E-state index is 11.3. The van der Waals surface area contributed by atoms with E-state index in [9.17, 15) is 9.59 Å². The quantitative estimate of drug-likeness (QED) is 0.806. The number of hydrogen-bond donors (Lipinski definition) is 2. The molecule has 15 heavy (non-hydrogen) atoms. The van der Waals surface area contributed by atoms with Gasteiger partial charge in [0.1, 0.15) is 10.3 Å². The topological polar surface area (TPSA) is 66.4 Å². The van der Waals surface area contributed by atoms with Crippen LogP contribution in [0.3, 0.4) is 0 Å². The number of aryl methyl sites for hydroxylation is 1. The van der Waals surface area contributed by atoms with Crippen LogP contribution in [0.25, 0.3) is 0 Å². The van der Waals surface area contributed by atoms with E-state index in [1.54, 1.807) is 12.3 Å². The number of alkyl halides is 1. The van der Waals surface area contributed by atoms with Crippen molar-refractivity contribution >= 4 is 40.5 Å². The largest absolute Gasteiger partial charge is 0.477 e. The molecule has 6 heteroatoms. The number of carboxylic acids is 1. The Bertz CT molecular complexity index is 400. The van der Waals surface area contributed by atoms with Crippen molar-refractivity contribution in [2.24, 2.45) is 0 Å². The van der Waals surface area contributed by atoms with Crippen LogP contribution in [-0.4, -0.2) is 22.4 Å². The van der Waals surface area contributed by atoms with Crippen molar-refractivity contribution in [3.63, 3.8) is 0 Å². The fourth-order valence-electron chi connectivity index (χ4n) is 0.980. The van der Waals surface area contributed by atoms with Crippen LogP contribution in [0.2, 0.25) is 0 Å². The molecule has 82 valence electrons. The lowest BCUT2D eigenvalue weighted by Crippen LogP contribution is -2.21. The van der Waals surface area contributed by atoms with Crippen LogP contribution in [0.4, 0.5) is 5.69 Å². The second-order valence-electron chi connectivity index (χ2n) is 3.03. The third kappa shape index (κ3) is 2.70. The molecule has 1 unspecified atom stereocenters. The zero-order valence-corrected chi connectivity index (χ0v) is 9.78. The maximum Gasteiger partial charge on any atom is 0.348 e. The lowest BCUT2D eigenvalue weighted by Gasteiger charge is -2.07. The van der Waals surface area contributed by atoms with Crippen molar-refractivity contribution in [3.8, 4) is 0 Å². The molecule has 1 amide bonds. The van der Waals surface area contributed by atoms with Gasteiger partial charge in [0.05, 0.1) is 5.69 Å². The molecule has 0 saturated carbocycles. The van der Waals surface area contributed by atoms with E-state index in [0.717, 1.165) is 16.9 Å². The molecule has 0 aliphatic carbocycles. The molecule has 0 saturated heterocycles. The zero-order valence-electron chi connectivity index (χ0n) is 8.20. The molecule has 1 atom stereocenters. The number of carbonyl (C=O) groups excluding carboxylic acids is 1. The number of aromatic carboxylic acids is 1. The van der Waals surface area contributed by atoms with E-state index in [-0.39, 0.29) is 4.88 Å². The molecule has 4 nitrogen and oxygen atoms in total. The molecule has 2 N–H and O–H groups in total. The van der Waals surface area contributed by atoms with Crippen molar-refractivity contribution in [1.29, 1.82) is 0 Å². The number of carbonyl (C=O) groups is 2. The number of nitrogens with one attached hydrogen (secondary N) is 1. The first kappa shape index (κ1) is 12.0. The number of thiophene rings is 1. The van der Waals surface area contributed by atoms with Crippen molar-refractivity contribution in [2.75, 3.05) is 5.32 Å². The minimum Gasteiger partial charge on any atom is -0.477 e. The summed E-state index contributed by atoms with van der Waals surface area (Å²) in [6.45, 7) is 3.26. The van der Waals surface area contributed by atoms with Gasteiger partial charge in [-0.25, -0.2) is 4.79 Å². The molecule has 1 heterocycles. The molecule has 0 fully saturated rings. The summed E-state index contributed by atoms with van der Waals surface area (Å²) in [6.07, 6.45) is 0. The lowest BCUT2D eigenvalue weighted by atomic mass is 10.2. The normalized spacial score (nSPS) is 12.2. The van der Waals surface area contributed by atoms with Gasteiger partial charge < -0.3 is 10.4 Å². The highest BCUT2D eigenvalue weighted by atomic mass is 35.5. The maximum absolute atomic E-state index is 11.3. The second kappa shape index (κ2) is 4.63. The molecule has 0 bridgehead atoms. The Morgan fingerprint density at radius 1 is 1.60 bits per heavy atom. The Morgan fingerprint density at radius 2 is 2.20 bits per heavy atom. The molecule has 1 rings (SSSR count). The highest BCUT2D eigenvalue weighted by Gasteiger charge is 2.18. The Labute approximate surface area is 95.9 Å². The summed E-state index contributed by atoms with van der Waals surface area (Å²) in [5, 5.41) is 12.3. The number of anilines is 1. The molecule has 1 aromatic heterocycles. The molecular weight excluding hydrogens is 238 g/mol. The first-order valence-electron chi connectivity index (χ1n) is 4.19. The molecular formula is C9H10ClNO3S. The van der Waals surface area contributed by atoms with Gasteiger partial charge in [-0.3, -0.25) is 4.79 Å². The van der Waals surface area contributed by atoms with E-state index in [0.29, 0.717) is 5.69 Å². The van der Waals surface area contributed by atoms with Gasteiger partial charge >= 0.3 is 5.97 Å². The van der Waals surface area contributed by atoms with Crippen LogP contribution in [-0.2, 0) is 4.79 Å². The van der Waals surface area contributed by atoms with Crippen molar-refractivity contribution in [2.45, 2.75) is 19.2 Å². The standard InChI is InChI=1S/C9H10ClNO3S/c1-4-3-15-7(9(13)14)6(4)11-8(12)5(2)10/h3,5H,1-2H3,(H,11,12)(H,13,14). The molecule has 1 aromatic rings. The van der Waals surface area contributed by atoms with E-state index in [4.69, 9.17) is 16.7 Å². The fourth-order valence-corrected chi connectivity index (χ4v) is 1.88. The Morgan fingerprint density at radius 3 is 2.67 bits per heavy atom. The molecule has 0 aromatic carbocycles. The Hall–Kier alpha value is -1.07. The summed E-state index contributed by atoms with van der Waals surface area (Å²) in [5.74, 6) is -1.45. The molecule has 0 aliphatic rings. The van der Waals surface area contributed by atoms with Gasteiger partial charge in [-0.15, -0.1) is 22.9 Å². The predicted molar refractivity (Wildman–Crippen MR) is 60.0 cm³/mol. The average molecular weight is 248 g/mol. The van der Waals surface area contributed by atoms with Gasteiger partial charge in [-0.1, -0.05) is 0 Å². The zero-order chi connectivity index (χ0) is 11.6. The summed E-state index contributed by atoms with van der Waals surface area (Å²) < 4.78 is 0. The van der Waals surface area contributed by atoms with Crippen LogP contribution in [0.15, 0.2) is 5.38 Å². The summed E-state index contributed by atoms with van der Waals surface area (Å²) in [5.41, 5.74) is 1.06. The van der Waals surface area contributed by atoms with Gasteiger partial charge in [0.2, 0.25) is 5.91 Å². The molecule has 0 aliphatic heterocycles. The Balaban J connectivity index is 2.98. The highest BCUT2D eigenvalue weighted by Crippen LogP contribution is 2.27. The Kier molecular flexibility index (Phi) is 3.71. The number of carboxylic acid groups (broad SMARTS) is 1. The minimum atomic E-state index is -1.05. The van der Waals surface area contributed by atoms with Crippen LogP contribution in [0.5, 0.6) is 0 Å². The van der Waals surface area contributed by atoms with Gasteiger partial charge in [0.25, 0.3) is 0 Å². The summed E-state index contributed by atoms with van der Waals surface area (Å²) >= 11 is 6.65. The number of amides is 1. The van der Waals surface area contributed by atoms with E-state index >= 15 is 0 Å². The minimum absolute atomic E-state index is 0.123. The smallest absolute Gasteiger partial charge is 0.348 e. The van der Waals surface area contributed by atoms with E-state index in [1.807, 2.05) is 0 Å². The van der Waals surface area contributed by atoms with Gasteiger partial charge in [-0.2, -0.15) is 0 Å². The van der Waals surface area contributed by atoms with E-state index in [1.165, 1.54) is 6.92 Å². The van der Waals surface area contributed by atoms with Crippen LogP contribution >= 0.6 is 22.9 Å². The van der Waals surface area contributed by atoms with Crippen molar-refractivity contribution < 1.29 is 14.7 Å². The SMILES string of the molecule is Cc1csc(C(=O)O)c1NC(=O)C(C)Cl. The highest BCUT2D eigenvalue weighted by molar-refractivity contribution is 7.12. The van der Waals surface area contributed by atoms with Crippen molar-refractivity contribution in [1.82, 2.24) is 0 Å². The summed E-state index contributed by atoms with van der Waals surface area (Å²) in [4.78, 5) is 22.2. The fraction of sp³-hybridized carbons (Fsp3) is 0.333. The van der Waals surface area contributed by atoms with E-state index in [2.05, 4.69) is 5.32 Å². The van der Waals surface area contributed by atoms with E-state index < -0.39 is 17.3 Å². The lowest BCUT2D eigenvalue weighted by molar-refractivity contribution is -0.115. The van der Waals surface area contributed by atoms with Crippen molar-refractivity contribution in [3.05, 3.63) is 15.8 Å². The third-order valence-corrected chi connectivity index (χ3v) is 3.06. The predicted octanol–water partition coefficient (Wildman–Crippen LogP) is 2.32. The number of rotatable bonds is 3. The molecule has 0 spiro atoms. The number of hydrogen-bond acceptors (Lipinski definition) is 3. The van der Waals surface area contributed by atoms with Crippen LogP contribution in [0, 0.1) is 6.92 Å². The average Bonchev–Trinajstić information content (AvgIpc) is 2.48. The molecule has 0 radical (unpaired) electrons. The first-order chi connectivity index (χ1) is 6.93. The first-order valence-corrected chi connectivity index (χ1v) is 5.51.